The highest BCUT2D eigenvalue weighted by molar-refractivity contribution is 6.29. The first kappa shape index (κ1) is 11.1. The molecule has 82 valence electrons. The summed E-state index contributed by atoms with van der Waals surface area (Å²) in [6, 6.07) is 5.75. The van der Waals surface area contributed by atoms with E-state index < -0.39 is 0 Å². The first-order valence-corrected chi connectivity index (χ1v) is 5.76. The number of allylic oxidation sites excluding steroid dienone is 2. The molecule has 1 aromatic rings. The fourth-order valence-corrected chi connectivity index (χ4v) is 2.05. The predicted molar refractivity (Wildman–Crippen MR) is 61.9 cm³/mol. The van der Waals surface area contributed by atoms with Crippen LogP contribution >= 0.6 is 11.6 Å². The average molecular weight is 234 g/mol. The van der Waals surface area contributed by atoms with Gasteiger partial charge in [0.2, 0.25) is 0 Å². The van der Waals surface area contributed by atoms with Crippen LogP contribution in [0.1, 0.15) is 37.3 Å². The molecule has 1 aromatic heterocycles. The summed E-state index contributed by atoms with van der Waals surface area (Å²) in [5.74, 6) is -0.259. The smallest absolute Gasteiger partial charge is 0.151 e. The van der Waals surface area contributed by atoms with Crippen molar-refractivity contribution in [2.45, 2.75) is 31.6 Å². The van der Waals surface area contributed by atoms with Gasteiger partial charge in [-0.05, 0) is 37.8 Å². The van der Waals surface area contributed by atoms with Gasteiger partial charge in [-0.3, -0.25) is 0 Å². The molecule has 0 bridgehead atoms. The van der Waals surface area contributed by atoms with Crippen molar-refractivity contribution in [1.29, 1.82) is 5.26 Å². The van der Waals surface area contributed by atoms with Gasteiger partial charge in [0.05, 0.1) is 11.8 Å². The molecule has 4 heteroatoms. The predicted octanol–water partition coefficient (Wildman–Crippen LogP) is 3.24. The fraction of sp³-hybridized carbons (Fsp3) is 0.417. The standard InChI is InChI=1S/C12H12ClN3/c13-12-7-6-11(15-16-12)10(8-14)9-4-2-1-3-5-9/h4,6-7,10H,1-3,5H2. The van der Waals surface area contributed by atoms with Crippen LogP contribution in [0.3, 0.4) is 0 Å². The second kappa shape index (κ2) is 5.09. The van der Waals surface area contributed by atoms with E-state index in [2.05, 4.69) is 22.3 Å². The Morgan fingerprint density at radius 2 is 2.19 bits per heavy atom. The Hall–Kier alpha value is -1.40. The molecule has 0 aliphatic heterocycles. The molecular formula is C12H12ClN3. The van der Waals surface area contributed by atoms with Crippen molar-refractivity contribution in [2.75, 3.05) is 0 Å². The molecule has 2 rings (SSSR count). The van der Waals surface area contributed by atoms with Crippen molar-refractivity contribution in [3.63, 3.8) is 0 Å². The van der Waals surface area contributed by atoms with Crippen LogP contribution in [0.25, 0.3) is 0 Å². The second-order valence-corrected chi connectivity index (χ2v) is 4.26. The summed E-state index contributed by atoms with van der Waals surface area (Å²) in [7, 11) is 0. The minimum atomic E-state index is -0.259. The maximum atomic E-state index is 9.21. The van der Waals surface area contributed by atoms with Gasteiger partial charge in [-0.1, -0.05) is 23.3 Å². The minimum Gasteiger partial charge on any atom is -0.197 e. The van der Waals surface area contributed by atoms with Crippen LogP contribution in [0.4, 0.5) is 0 Å². The Morgan fingerprint density at radius 3 is 2.75 bits per heavy atom. The molecule has 0 saturated heterocycles. The first-order valence-electron chi connectivity index (χ1n) is 5.39. The number of rotatable bonds is 2. The van der Waals surface area contributed by atoms with E-state index in [-0.39, 0.29) is 5.92 Å². The molecule has 0 radical (unpaired) electrons. The highest BCUT2D eigenvalue weighted by Crippen LogP contribution is 2.30. The normalized spacial score (nSPS) is 17.4. The molecule has 0 saturated carbocycles. The van der Waals surface area contributed by atoms with E-state index in [9.17, 15) is 5.26 Å². The number of hydrogen-bond donors (Lipinski definition) is 0. The van der Waals surface area contributed by atoms with Gasteiger partial charge in [-0.15, -0.1) is 5.10 Å². The van der Waals surface area contributed by atoms with Gasteiger partial charge in [0.1, 0.15) is 5.92 Å². The molecule has 0 amide bonds. The van der Waals surface area contributed by atoms with Crippen LogP contribution in [0, 0.1) is 11.3 Å². The summed E-state index contributed by atoms with van der Waals surface area (Å²) in [5.41, 5.74) is 1.87. The molecule has 3 nitrogen and oxygen atoms in total. The van der Waals surface area contributed by atoms with Crippen LogP contribution < -0.4 is 0 Å². The third-order valence-electron chi connectivity index (χ3n) is 2.77. The van der Waals surface area contributed by atoms with E-state index >= 15 is 0 Å². The van der Waals surface area contributed by atoms with Gasteiger partial charge < -0.3 is 0 Å². The topological polar surface area (TPSA) is 49.6 Å². The Kier molecular flexibility index (Phi) is 3.53. The molecule has 0 spiro atoms. The molecular weight excluding hydrogens is 222 g/mol. The summed E-state index contributed by atoms with van der Waals surface area (Å²) in [6.07, 6.45) is 6.59. The second-order valence-electron chi connectivity index (χ2n) is 3.87. The largest absolute Gasteiger partial charge is 0.197 e. The van der Waals surface area contributed by atoms with Crippen molar-refractivity contribution in [3.8, 4) is 6.07 Å². The Morgan fingerprint density at radius 1 is 1.31 bits per heavy atom. The Balaban J connectivity index is 2.26. The number of nitriles is 1. The average Bonchev–Trinajstić information content (AvgIpc) is 2.34. The van der Waals surface area contributed by atoms with Gasteiger partial charge in [0.25, 0.3) is 0 Å². The van der Waals surface area contributed by atoms with E-state index in [1.165, 1.54) is 12.0 Å². The maximum Gasteiger partial charge on any atom is 0.151 e. The lowest BCUT2D eigenvalue weighted by atomic mass is 9.88. The summed E-state index contributed by atoms with van der Waals surface area (Å²) < 4.78 is 0. The minimum absolute atomic E-state index is 0.259. The SMILES string of the molecule is N#CC(C1=CCCCC1)c1ccc(Cl)nn1. The van der Waals surface area contributed by atoms with Crippen molar-refractivity contribution in [3.05, 3.63) is 34.6 Å². The quantitative estimate of drug-likeness (QED) is 0.737. The molecule has 1 heterocycles. The number of halogens is 1. The van der Waals surface area contributed by atoms with Gasteiger partial charge in [0.15, 0.2) is 5.15 Å². The molecule has 0 aromatic carbocycles. The lowest BCUT2D eigenvalue weighted by Crippen LogP contribution is -2.06. The first-order chi connectivity index (χ1) is 7.81. The Labute approximate surface area is 99.8 Å². The zero-order valence-corrected chi connectivity index (χ0v) is 9.61. The van der Waals surface area contributed by atoms with Gasteiger partial charge >= 0.3 is 0 Å². The third-order valence-corrected chi connectivity index (χ3v) is 2.98. The molecule has 1 aliphatic rings. The van der Waals surface area contributed by atoms with Crippen LogP contribution in [0.2, 0.25) is 5.15 Å². The van der Waals surface area contributed by atoms with Crippen molar-refractivity contribution < 1.29 is 0 Å². The monoisotopic (exact) mass is 233 g/mol. The number of hydrogen-bond acceptors (Lipinski definition) is 3. The molecule has 1 atom stereocenters. The van der Waals surface area contributed by atoms with Gasteiger partial charge in [-0.2, -0.15) is 10.4 Å². The highest BCUT2D eigenvalue weighted by Gasteiger charge is 2.19. The van der Waals surface area contributed by atoms with Crippen molar-refractivity contribution in [2.24, 2.45) is 0 Å². The van der Waals surface area contributed by atoms with E-state index in [4.69, 9.17) is 11.6 Å². The fourth-order valence-electron chi connectivity index (χ4n) is 1.94. The lowest BCUT2D eigenvalue weighted by molar-refractivity contribution is 0.668. The molecule has 1 unspecified atom stereocenters. The highest BCUT2D eigenvalue weighted by atomic mass is 35.5. The number of aromatic nitrogens is 2. The zero-order valence-electron chi connectivity index (χ0n) is 8.86. The summed E-state index contributed by atoms with van der Waals surface area (Å²) in [5, 5.41) is 17.3. The van der Waals surface area contributed by atoms with Crippen LogP contribution in [0.15, 0.2) is 23.8 Å². The van der Waals surface area contributed by atoms with E-state index in [1.54, 1.807) is 12.1 Å². The molecule has 1 aliphatic carbocycles. The van der Waals surface area contributed by atoms with E-state index in [0.29, 0.717) is 10.8 Å². The van der Waals surface area contributed by atoms with Crippen LogP contribution in [-0.4, -0.2) is 10.2 Å². The molecule has 0 fully saturated rings. The van der Waals surface area contributed by atoms with E-state index in [1.807, 2.05) is 0 Å². The van der Waals surface area contributed by atoms with E-state index in [0.717, 1.165) is 19.3 Å². The third kappa shape index (κ3) is 2.40. The van der Waals surface area contributed by atoms with Crippen molar-refractivity contribution >= 4 is 11.6 Å². The van der Waals surface area contributed by atoms with Gasteiger partial charge in [0, 0.05) is 0 Å². The lowest BCUT2D eigenvalue weighted by Gasteiger charge is -2.16. The summed E-state index contributed by atoms with van der Waals surface area (Å²) in [6.45, 7) is 0. The molecule has 0 N–H and O–H groups in total. The maximum absolute atomic E-state index is 9.21. The van der Waals surface area contributed by atoms with Crippen molar-refractivity contribution in [1.82, 2.24) is 10.2 Å². The molecule has 16 heavy (non-hydrogen) atoms. The van der Waals surface area contributed by atoms with Gasteiger partial charge in [-0.25, -0.2) is 0 Å². The zero-order chi connectivity index (χ0) is 11.4. The summed E-state index contributed by atoms with van der Waals surface area (Å²) >= 11 is 5.67. The summed E-state index contributed by atoms with van der Waals surface area (Å²) in [4.78, 5) is 0. The Bertz CT molecular complexity index is 431. The van der Waals surface area contributed by atoms with Crippen LogP contribution in [-0.2, 0) is 0 Å². The number of nitrogens with zero attached hydrogens (tertiary/aromatic N) is 3. The van der Waals surface area contributed by atoms with Crippen LogP contribution in [0.5, 0.6) is 0 Å².